The van der Waals surface area contributed by atoms with Crippen molar-refractivity contribution < 1.29 is 13.9 Å². The molecule has 6 nitrogen and oxygen atoms in total. The Kier molecular flexibility index (Phi) is 6.39. The summed E-state index contributed by atoms with van der Waals surface area (Å²) >= 11 is 0. The Balaban J connectivity index is 1.44. The number of aromatic nitrogens is 4. The predicted octanol–water partition coefficient (Wildman–Crippen LogP) is 4.68. The fourth-order valence-electron chi connectivity index (χ4n) is 3.95. The van der Waals surface area contributed by atoms with Gasteiger partial charge in [-0.15, -0.1) is 0 Å². The van der Waals surface area contributed by atoms with E-state index in [1.165, 1.54) is 6.07 Å². The molecule has 1 aliphatic heterocycles. The van der Waals surface area contributed by atoms with Gasteiger partial charge in [-0.25, -0.2) is 14.1 Å². The van der Waals surface area contributed by atoms with E-state index in [2.05, 4.69) is 4.98 Å². The number of rotatable bonds is 8. The number of pyridine rings is 1. The molecule has 7 heteroatoms. The quantitative estimate of drug-likeness (QED) is 0.395. The van der Waals surface area contributed by atoms with Gasteiger partial charge in [0.2, 0.25) is 0 Å². The zero-order chi connectivity index (χ0) is 22.5. The van der Waals surface area contributed by atoms with Gasteiger partial charge in [-0.1, -0.05) is 36.4 Å². The molecule has 1 fully saturated rings. The molecule has 2 aromatic heterocycles. The molecule has 33 heavy (non-hydrogen) atoms. The maximum absolute atomic E-state index is 14.4. The minimum Gasteiger partial charge on any atom is -0.491 e. The lowest BCUT2D eigenvalue weighted by molar-refractivity contribution is 0.0680. The van der Waals surface area contributed by atoms with Crippen LogP contribution in [-0.2, 0) is 17.7 Å². The zero-order valence-electron chi connectivity index (χ0n) is 18.2. The Morgan fingerprint density at radius 1 is 1.09 bits per heavy atom. The van der Waals surface area contributed by atoms with Crippen molar-refractivity contribution in [2.75, 3.05) is 13.2 Å². The topological polar surface area (TPSA) is 62.1 Å². The molecule has 4 aromatic rings. The summed E-state index contributed by atoms with van der Waals surface area (Å²) in [5, 5.41) is 4.71. The largest absolute Gasteiger partial charge is 0.491 e. The fourth-order valence-corrected chi connectivity index (χ4v) is 3.95. The number of nitrogens with zero attached hydrogens (tertiary/aromatic N) is 4. The summed E-state index contributed by atoms with van der Waals surface area (Å²) in [4.78, 5) is 8.98. The van der Waals surface area contributed by atoms with Crippen molar-refractivity contribution in [1.29, 1.82) is 0 Å². The molecule has 3 heterocycles. The minimum absolute atomic E-state index is 0.143. The first-order chi connectivity index (χ1) is 16.2. The van der Waals surface area contributed by atoms with Gasteiger partial charge in [0.1, 0.15) is 18.2 Å². The highest BCUT2D eigenvalue weighted by Gasteiger charge is 2.18. The van der Waals surface area contributed by atoms with Crippen LogP contribution < -0.4 is 4.74 Å². The number of halogens is 1. The van der Waals surface area contributed by atoms with Gasteiger partial charge < -0.3 is 9.47 Å². The Labute approximate surface area is 192 Å². The Hall–Kier alpha value is -3.58. The van der Waals surface area contributed by atoms with Crippen LogP contribution in [0.2, 0.25) is 0 Å². The molecule has 0 spiro atoms. The summed E-state index contributed by atoms with van der Waals surface area (Å²) in [5.41, 5.74) is 2.43. The van der Waals surface area contributed by atoms with Crippen LogP contribution in [0.25, 0.3) is 11.4 Å². The Morgan fingerprint density at radius 2 is 2.03 bits per heavy atom. The third-order valence-electron chi connectivity index (χ3n) is 5.63. The molecule has 0 saturated carbocycles. The lowest BCUT2D eigenvalue weighted by atomic mass is 10.1. The summed E-state index contributed by atoms with van der Waals surface area (Å²) in [6.45, 7) is 1.60. The van der Waals surface area contributed by atoms with E-state index in [-0.39, 0.29) is 18.5 Å². The highest BCUT2D eigenvalue weighted by Crippen LogP contribution is 2.25. The molecule has 5 rings (SSSR count). The first-order valence-electron chi connectivity index (χ1n) is 11.2. The van der Waals surface area contributed by atoms with Gasteiger partial charge in [-0.05, 0) is 42.7 Å². The van der Waals surface area contributed by atoms with E-state index in [1.807, 2.05) is 42.5 Å². The maximum atomic E-state index is 14.4. The average Bonchev–Trinajstić information content (AvgIpc) is 3.50. The molecule has 1 aliphatic rings. The van der Waals surface area contributed by atoms with Crippen LogP contribution in [0.4, 0.5) is 4.39 Å². The highest BCUT2D eigenvalue weighted by atomic mass is 19.1. The molecule has 0 N–H and O–H groups in total. The predicted molar refractivity (Wildman–Crippen MR) is 122 cm³/mol. The van der Waals surface area contributed by atoms with Crippen molar-refractivity contribution in [3.63, 3.8) is 0 Å². The SMILES string of the molecule is Fc1ccccc1Cn1nc(Cc2cccnc2)nc1-c1cccc(OCC2CCCO2)c1. The van der Waals surface area contributed by atoms with Gasteiger partial charge in [-0.2, -0.15) is 5.10 Å². The molecule has 0 radical (unpaired) electrons. The highest BCUT2D eigenvalue weighted by molar-refractivity contribution is 5.58. The van der Waals surface area contributed by atoms with Crippen LogP contribution in [0, 0.1) is 5.82 Å². The van der Waals surface area contributed by atoms with E-state index in [0.717, 1.165) is 36.3 Å². The number of hydrogen-bond acceptors (Lipinski definition) is 5. The van der Waals surface area contributed by atoms with E-state index in [1.54, 1.807) is 29.2 Å². The molecule has 0 amide bonds. The molecule has 1 saturated heterocycles. The van der Waals surface area contributed by atoms with Crippen molar-refractivity contribution in [2.45, 2.75) is 31.9 Å². The lowest BCUT2D eigenvalue weighted by Crippen LogP contribution is -2.16. The van der Waals surface area contributed by atoms with Gasteiger partial charge in [0, 0.05) is 36.5 Å². The van der Waals surface area contributed by atoms with Gasteiger partial charge >= 0.3 is 0 Å². The van der Waals surface area contributed by atoms with Crippen LogP contribution in [0.5, 0.6) is 5.75 Å². The molecule has 2 aromatic carbocycles. The third-order valence-corrected chi connectivity index (χ3v) is 5.63. The van der Waals surface area contributed by atoms with Gasteiger partial charge in [0.05, 0.1) is 12.6 Å². The summed E-state index contributed by atoms with van der Waals surface area (Å²) in [6, 6.07) is 18.4. The monoisotopic (exact) mass is 444 g/mol. The lowest BCUT2D eigenvalue weighted by Gasteiger charge is -2.12. The molecule has 1 atom stereocenters. The van der Waals surface area contributed by atoms with Crippen molar-refractivity contribution in [3.05, 3.63) is 95.8 Å². The molecule has 0 aliphatic carbocycles. The van der Waals surface area contributed by atoms with Crippen LogP contribution in [0.1, 0.15) is 29.8 Å². The Bertz CT molecular complexity index is 1210. The maximum Gasteiger partial charge on any atom is 0.158 e. The second-order valence-corrected chi connectivity index (χ2v) is 8.11. The number of ether oxygens (including phenoxy) is 2. The van der Waals surface area contributed by atoms with Crippen molar-refractivity contribution in [1.82, 2.24) is 19.7 Å². The van der Waals surface area contributed by atoms with Crippen LogP contribution in [0.15, 0.2) is 73.1 Å². The van der Waals surface area contributed by atoms with Crippen molar-refractivity contribution >= 4 is 0 Å². The Morgan fingerprint density at radius 3 is 2.85 bits per heavy atom. The molecule has 1 unspecified atom stereocenters. The zero-order valence-corrected chi connectivity index (χ0v) is 18.2. The van der Waals surface area contributed by atoms with E-state index in [9.17, 15) is 4.39 Å². The number of benzene rings is 2. The van der Waals surface area contributed by atoms with Crippen LogP contribution in [0.3, 0.4) is 0 Å². The average molecular weight is 445 g/mol. The normalized spacial score (nSPS) is 15.6. The number of hydrogen-bond donors (Lipinski definition) is 0. The minimum atomic E-state index is -0.263. The molecular weight excluding hydrogens is 419 g/mol. The fraction of sp³-hybridized carbons (Fsp3) is 0.269. The van der Waals surface area contributed by atoms with Crippen molar-refractivity contribution in [2.24, 2.45) is 0 Å². The van der Waals surface area contributed by atoms with Crippen LogP contribution >= 0.6 is 0 Å². The summed E-state index contributed by atoms with van der Waals surface area (Å²) in [6.07, 6.45) is 6.32. The van der Waals surface area contributed by atoms with Gasteiger partial charge in [0.15, 0.2) is 11.6 Å². The van der Waals surface area contributed by atoms with E-state index < -0.39 is 0 Å². The van der Waals surface area contributed by atoms with E-state index in [0.29, 0.717) is 30.2 Å². The van der Waals surface area contributed by atoms with Gasteiger partial charge in [-0.3, -0.25) is 4.98 Å². The first kappa shape index (κ1) is 21.3. The molecule has 0 bridgehead atoms. The van der Waals surface area contributed by atoms with Gasteiger partial charge in [0.25, 0.3) is 0 Å². The smallest absolute Gasteiger partial charge is 0.158 e. The van der Waals surface area contributed by atoms with E-state index in [4.69, 9.17) is 19.6 Å². The standard InChI is InChI=1S/C26H25FN4O2/c27-24-11-2-1-7-21(24)17-31-26(29-25(30-31)14-19-6-4-12-28-16-19)20-8-3-9-22(15-20)33-18-23-10-5-13-32-23/h1-4,6-9,11-12,15-16,23H,5,10,13-14,17-18H2. The summed E-state index contributed by atoms with van der Waals surface area (Å²) < 4.78 is 27.8. The first-order valence-corrected chi connectivity index (χ1v) is 11.2. The molecular formula is C26H25FN4O2. The van der Waals surface area contributed by atoms with E-state index >= 15 is 0 Å². The second kappa shape index (κ2) is 9.92. The second-order valence-electron chi connectivity index (χ2n) is 8.11. The summed E-state index contributed by atoms with van der Waals surface area (Å²) in [7, 11) is 0. The molecule has 168 valence electrons. The van der Waals surface area contributed by atoms with Crippen molar-refractivity contribution in [3.8, 4) is 17.1 Å². The third kappa shape index (κ3) is 5.26. The van der Waals surface area contributed by atoms with Crippen LogP contribution in [-0.4, -0.2) is 39.1 Å². The summed E-state index contributed by atoms with van der Waals surface area (Å²) in [5.74, 6) is 1.80.